The summed E-state index contributed by atoms with van der Waals surface area (Å²) in [5, 5.41) is 14.4. The van der Waals surface area contributed by atoms with Gasteiger partial charge in [0.15, 0.2) is 12.3 Å². The molecule has 4 aromatic rings. The quantitative estimate of drug-likeness (QED) is 0.0643. The van der Waals surface area contributed by atoms with Gasteiger partial charge in [-0.2, -0.15) is 4.58 Å². The standard InChI is InChI=1S/C40H40N2O4/c1-27-19-20-33-32(25-27)39(2,3)34(41(33)23-24-46-26-43)17-7-6-8-18-35-40(4,5)37-30-15-11-9-13-28(30)29-14-10-12-16-31(29)38(37)42(35)22-21-36(44)45/h6-20,25-26H,21-24H2,1-5H3/p+1. The van der Waals surface area contributed by atoms with Gasteiger partial charge in [-0.15, -0.1) is 0 Å². The molecule has 46 heavy (non-hydrogen) atoms. The van der Waals surface area contributed by atoms with Crippen LogP contribution in [-0.4, -0.2) is 47.5 Å². The molecular weight excluding hydrogens is 572 g/mol. The molecule has 0 amide bonds. The zero-order valence-electron chi connectivity index (χ0n) is 27.2. The van der Waals surface area contributed by atoms with Crippen LogP contribution >= 0.6 is 0 Å². The number of fused-ring (bicyclic) bond motifs is 7. The van der Waals surface area contributed by atoms with Gasteiger partial charge in [0.1, 0.15) is 13.0 Å². The maximum Gasteiger partial charge on any atom is 0.309 e. The average molecular weight is 614 g/mol. The number of carboxylic acid groups (broad SMARTS) is 1. The number of ether oxygens (including phenoxy) is 1. The molecule has 0 saturated heterocycles. The summed E-state index contributed by atoms with van der Waals surface area (Å²) in [6.07, 6.45) is 10.5. The van der Waals surface area contributed by atoms with Crippen molar-refractivity contribution in [1.29, 1.82) is 0 Å². The third-order valence-corrected chi connectivity index (χ3v) is 9.56. The number of rotatable bonds is 10. The third-order valence-electron chi connectivity index (χ3n) is 9.56. The summed E-state index contributed by atoms with van der Waals surface area (Å²) in [5.41, 5.74) is 7.54. The van der Waals surface area contributed by atoms with E-state index in [1.807, 2.05) is 6.08 Å². The smallest absolute Gasteiger partial charge is 0.309 e. The monoisotopic (exact) mass is 613 g/mol. The van der Waals surface area contributed by atoms with Gasteiger partial charge in [-0.05, 0) is 60.7 Å². The van der Waals surface area contributed by atoms with Gasteiger partial charge in [0.25, 0.3) is 6.47 Å². The molecule has 0 unspecified atom stereocenters. The van der Waals surface area contributed by atoms with Crippen LogP contribution in [-0.2, 0) is 25.2 Å². The van der Waals surface area contributed by atoms with Crippen LogP contribution in [0.2, 0.25) is 0 Å². The van der Waals surface area contributed by atoms with E-state index in [0.717, 1.165) is 28.2 Å². The van der Waals surface area contributed by atoms with Crippen LogP contribution in [0.15, 0.2) is 103 Å². The Balaban J connectivity index is 1.41. The highest BCUT2D eigenvalue weighted by Gasteiger charge is 2.47. The molecule has 0 atom stereocenters. The number of carboxylic acids is 1. The Morgan fingerprint density at radius 1 is 0.891 bits per heavy atom. The van der Waals surface area contributed by atoms with Crippen molar-refractivity contribution in [3.05, 3.63) is 119 Å². The summed E-state index contributed by atoms with van der Waals surface area (Å²) < 4.78 is 7.29. The molecule has 6 rings (SSSR count). The molecular formula is C40H41N2O4+. The van der Waals surface area contributed by atoms with Crippen LogP contribution in [0.25, 0.3) is 21.5 Å². The SMILES string of the molecule is Cc1ccc2c(c1)C(C)(C)/C(=C/C=C/C=C/C1=[N+](CCC(=O)O)c3c(c4ccccc4c4ccccc34)C1(C)C)N2CCOC=O. The molecule has 0 saturated carbocycles. The number of hydrogen-bond donors (Lipinski definition) is 1. The van der Waals surface area contributed by atoms with E-state index in [9.17, 15) is 14.7 Å². The molecule has 0 bridgehead atoms. The van der Waals surface area contributed by atoms with Crippen molar-refractivity contribution in [3.8, 4) is 0 Å². The Morgan fingerprint density at radius 3 is 2.26 bits per heavy atom. The maximum absolute atomic E-state index is 11.8. The number of carbonyl (C=O) groups is 2. The van der Waals surface area contributed by atoms with Crippen molar-refractivity contribution >= 4 is 51.1 Å². The Kier molecular flexibility index (Phi) is 8.15. The molecule has 0 aromatic heterocycles. The number of allylic oxidation sites excluding steroid dienone is 6. The van der Waals surface area contributed by atoms with Gasteiger partial charge < -0.3 is 14.7 Å². The van der Waals surface area contributed by atoms with Gasteiger partial charge in [0.05, 0.1) is 17.3 Å². The summed E-state index contributed by atoms with van der Waals surface area (Å²) in [6, 6.07) is 23.5. The average Bonchev–Trinajstić information content (AvgIpc) is 3.38. The normalized spacial score (nSPS) is 17.5. The zero-order valence-corrected chi connectivity index (χ0v) is 27.2. The number of anilines is 1. The van der Waals surface area contributed by atoms with E-state index in [2.05, 4.69) is 135 Å². The summed E-state index contributed by atoms with van der Waals surface area (Å²) >= 11 is 0. The Hall–Kier alpha value is -4.97. The molecule has 0 radical (unpaired) electrons. The Bertz CT molecular complexity index is 1990. The van der Waals surface area contributed by atoms with Gasteiger partial charge in [0, 0.05) is 28.4 Å². The molecule has 2 aliphatic rings. The van der Waals surface area contributed by atoms with E-state index in [4.69, 9.17) is 4.74 Å². The number of carbonyl (C=O) groups excluding carboxylic acids is 1. The second-order valence-corrected chi connectivity index (χ2v) is 13.2. The van der Waals surface area contributed by atoms with Crippen LogP contribution in [0, 0.1) is 6.92 Å². The van der Waals surface area contributed by atoms with Gasteiger partial charge in [-0.25, -0.2) is 0 Å². The first-order valence-corrected chi connectivity index (χ1v) is 15.9. The molecule has 6 heteroatoms. The lowest BCUT2D eigenvalue weighted by Gasteiger charge is -2.26. The fraction of sp³-hybridized carbons (Fsp3) is 0.275. The molecule has 234 valence electrons. The number of hydrogen-bond acceptors (Lipinski definition) is 4. The van der Waals surface area contributed by atoms with Crippen LogP contribution in [0.5, 0.6) is 0 Å². The third kappa shape index (κ3) is 5.22. The highest BCUT2D eigenvalue weighted by atomic mass is 16.5. The van der Waals surface area contributed by atoms with Crippen LogP contribution < -0.4 is 4.90 Å². The molecule has 6 nitrogen and oxygen atoms in total. The van der Waals surface area contributed by atoms with Crippen LogP contribution in [0.1, 0.15) is 50.8 Å². The lowest BCUT2D eigenvalue weighted by atomic mass is 9.78. The summed E-state index contributed by atoms with van der Waals surface area (Å²) in [4.78, 5) is 24.9. The van der Waals surface area contributed by atoms with Gasteiger partial charge in [-0.3, -0.25) is 9.59 Å². The number of aliphatic carboxylic acids is 1. The minimum Gasteiger partial charge on any atom is -0.481 e. The molecule has 0 spiro atoms. The van der Waals surface area contributed by atoms with Crippen molar-refractivity contribution in [2.45, 2.75) is 51.9 Å². The van der Waals surface area contributed by atoms with E-state index >= 15 is 0 Å². The van der Waals surface area contributed by atoms with Gasteiger partial charge >= 0.3 is 5.97 Å². The van der Waals surface area contributed by atoms with Crippen LogP contribution in [0.4, 0.5) is 11.4 Å². The van der Waals surface area contributed by atoms with Crippen LogP contribution in [0.3, 0.4) is 0 Å². The van der Waals surface area contributed by atoms with Crippen molar-refractivity contribution in [2.75, 3.05) is 24.6 Å². The van der Waals surface area contributed by atoms with Crippen molar-refractivity contribution in [3.63, 3.8) is 0 Å². The first kappa shape index (κ1) is 31.0. The molecule has 2 heterocycles. The first-order chi connectivity index (χ1) is 22.1. The predicted octanol–water partition coefficient (Wildman–Crippen LogP) is 8.12. The molecule has 0 aliphatic carbocycles. The molecule has 4 aromatic carbocycles. The minimum absolute atomic E-state index is 0.0364. The number of nitrogens with zero attached hydrogens (tertiary/aromatic N) is 2. The molecule has 2 aliphatic heterocycles. The van der Waals surface area contributed by atoms with E-state index in [-0.39, 0.29) is 17.3 Å². The highest BCUT2D eigenvalue weighted by molar-refractivity contribution is 6.18. The van der Waals surface area contributed by atoms with E-state index in [0.29, 0.717) is 26.2 Å². The Morgan fingerprint density at radius 2 is 1.57 bits per heavy atom. The van der Waals surface area contributed by atoms with Gasteiger partial charge in [-0.1, -0.05) is 92.2 Å². The second-order valence-electron chi connectivity index (χ2n) is 13.2. The molecule has 1 N–H and O–H groups in total. The molecule has 0 fully saturated rings. The van der Waals surface area contributed by atoms with E-state index < -0.39 is 5.97 Å². The summed E-state index contributed by atoms with van der Waals surface area (Å²) in [6.45, 7) is 12.8. The predicted molar refractivity (Wildman–Crippen MR) is 186 cm³/mol. The zero-order chi connectivity index (χ0) is 32.6. The fourth-order valence-electron chi connectivity index (χ4n) is 7.44. The minimum atomic E-state index is -0.815. The van der Waals surface area contributed by atoms with Crippen molar-refractivity contribution < 1.29 is 24.0 Å². The first-order valence-electron chi connectivity index (χ1n) is 15.9. The van der Waals surface area contributed by atoms with Crippen molar-refractivity contribution in [2.24, 2.45) is 0 Å². The highest BCUT2D eigenvalue weighted by Crippen LogP contribution is 2.50. The maximum atomic E-state index is 11.8. The fourth-order valence-corrected chi connectivity index (χ4v) is 7.44. The van der Waals surface area contributed by atoms with Crippen molar-refractivity contribution in [1.82, 2.24) is 0 Å². The topological polar surface area (TPSA) is 69.8 Å². The lowest BCUT2D eigenvalue weighted by Crippen LogP contribution is -2.29. The summed E-state index contributed by atoms with van der Waals surface area (Å²) in [7, 11) is 0. The largest absolute Gasteiger partial charge is 0.481 e. The lowest BCUT2D eigenvalue weighted by molar-refractivity contribution is -0.435. The van der Waals surface area contributed by atoms with E-state index in [1.54, 1.807) is 0 Å². The van der Waals surface area contributed by atoms with Gasteiger partial charge in [0.2, 0.25) is 5.69 Å². The summed E-state index contributed by atoms with van der Waals surface area (Å²) in [5.74, 6) is -0.815. The number of benzene rings is 4. The Labute approximate surface area is 270 Å². The second kappa shape index (κ2) is 12.1. The van der Waals surface area contributed by atoms with E-state index in [1.165, 1.54) is 32.8 Å². The number of aryl methyl sites for hydroxylation is 1.